The first-order chi connectivity index (χ1) is 14.2. The second kappa shape index (κ2) is 9.52. The van der Waals surface area contributed by atoms with Crippen LogP contribution >= 0.6 is 0 Å². The fourth-order valence-corrected chi connectivity index (χ4v) is 4.16. The van der Waals surface area contributed by atoms with Gasteiger partial charge in [-0.25, -0.2) is 4.99 Å². The summed E-state index contributed by atoms with van der Waals surface area (Å²) in [4.78, 5) is 22.1. The van der Waals surface area contributed by atoms with Crippen LogP contribution in [0.15, 0.2) is 34.8 Å². The van der Waals surface area contributed by atoms with Gasteiger partial charge in [0.15, 0.2) is 0 Å². The Balaban J connectivity index is 1.49. The van der Waals surface area contributed by atoms with E-state index in [1.807, 2.05) is 24.3 Å². The molecule has 2 fully saturated rings. The van der Waals surface area contributed by atoms with Crippen molar-refractivity contribution in [1.29, 1.82) is 0 Å². The van der Waals surface area contributed by atoms with Crippen LogP contribution in [0.1, 0.15) is 24.8 Å². The summed E-state index contributed by atoms with van der Waals surface area (Å²) in [6.07, 6.45) is 2.84. The predicted octanol–water partition coefficient (Wildman–Crippen LogP) is 1.98. The number of morpholine rings is 1. The molecule has 7 heteroatoms. The lowest BCUT2D eigenvalue weighted by molar-refractivity contribution is -0.114. The summed E-state index contributed by atoms with van der Waals surface area (Å²) in [5.74, 6) is 0.101. The molecule has 0 radical (unpaired) electrons. The predicted molar refractivity (Wildman–Crippen MR) is 114 cm³/mol. The van der Waals surface area contributed by atoms with Crippen molar-refractivity contribution in [3.05, 3.63) is 35.4 Å². The Bertz CT molecular complexity index is 793. The molecule has 0 aromatic heterocycles. The molecular formula is C22H30N4O3. The Labute approximate surface area is 172 Å². The minimum atomic E-state index is -0.145. The van der Waals surface area contributed by atoms with Crippen LogP contribution in [0.3, 0.4) is 0 Å². The molecule has 0 bridgehead atoms. The number of carbonyl (C=O) groups is 1. The second-order valence-electron chi connectivity index (χ2n) is 7.90. The molecule has 156 valence electrons. The van der Waals surface area contributed by atoms with Crippen LogP contribution in [0.4, 0.5) is 5.69 Å². The smallest absolute Gasteiger partial charge is 0.266 e. The van der Waals surface area contributed by atoms with Crippen LogP contribution in [-0.4, -0.2) is 85.6 Å². The maximum absolute atomic E-state index is 12.9. The van der Waals surface area contributed by atoms with Crippen LogP contribution in [0.2, 0.25) is 0 Å². The molecule has 1 aromatic rings. The van der Waals surface area contributed by atoms with E-state index in [4.69, 9.17) is 4.74 Å². The van der Waals surface area contributed by atoms with Gasteiger partial charge in [0.05, 0.1) is 18.9 Å². The number of para-hydroxylation sites is 1. The number of aliphatic hydroxyl groups excluding tert-OH is 1. The highest BCUT2D eigenvalue weighted by Crippen LogP contribution is 2.32. The second-order valence-corrected chi connectivity index (χ2v) is 7.90. The molecule has 1 aromatic carbocycles. The summed E-state index contributed by atoms with van der Waals surface area (Å²) >= 11 is 0. The summed E-state index contributed by atoms with van der Waals surface area (Å²) in [5.41, 5.74) is 2.64. The van der Waals surface area contributed by atoms with Gasteiger partial charge >= 0.3 is 0 Å². The van der Waals surface area contributed by atoms with Crippen molar-refractivity contribution >= 4 is 23.1 Å². The zero-order valence-electron chi connectivity index (χ0n) is 16.9. The number of hydrogen-bond acceptors (Lipinski definition) is 6. The highest BCUT2D eigenvalue weighted by atomic mass is 16.5. The highest BCUT2D eigenvalue weighted by Gasteiger charge is 2.24. The number of aliphatic imine (C=N–C) groups is 1. The minimum Gasteiger partial charge on any atom is -0.507 e. The first kappa shape index (κ1) is 20.1. The van der Waals surface area contributed by atoms with E-state index >= 15 is 0 Å². The topological polar surface area (TPSA) is 77.4 Å². The Morgan fingerprint density at radius 1 is 1.10 bits per heavy atom. The lowest BCUT2D eigenvalue weighted by Gasteiger charge is -2.27. The third-order valence-electron chi connectivity index (χ3n) is 5.82. The molecule has 2 N–H and O–H groups in total. The number of aliphatic hydroxyl groups is 1. The Kier molecular flexibility index (Phi) is 6.59. The van der Waals surface area contributed by atoms with Gasteiger partial charge in [0.1, 0.15) is 11.5 Å². The fourth-order valence-electron chi connectivity index (χ4n) is 4.16. The van der Waals surface area contributed by atoms with Gasteiger partial charge in [-0.1, -0.05) is 12.1 Å². The summed E-state index contributed by atoms with van der Waals surface area (Å²) in [7, 11) is 0. The maximum atomic E-state index is 12.9. The number of hydrogen-bond donors (Lipinski definition) is 2. The molecule has 4 rings (SSSR count). The van der Waals surface area contributed by atoms with Crippen molar-refractivity contribution in [2.75, 3.05) is 59.0 Å². The molecule has 3 heterocycles. The number of ether oxygens (including phenoxy) is 1. The Morgan fingerprint density at radius 2 is 1.86 bits per heavy atom. The van der Waals surface area contributed by atoms with Crippen molar-refractivity contribution in [3.8, 4) is 0 Å². The lowest BCUT2D eigenvalue weighted by Crippen LogP contribution is -2.39. The van der Waals surface area contributed by atoms with Crippen LogP contribution in [0.5, 0.6) is 0 Å². The molecular weight excluding hydrogens is 368 g/mol. The average Bonchev–Trinajstić information content (AvgIpc) is 3.22. The number of benzene rings is 1. The van der Waals surface area contributed by atoms with E-state index in [1.165, 1.54) is 12.8 Å². The van der Waals surface area contributed by atoms with Crippen LogP contribution in [0, 0.1) is 0 Å². The quantitative estimate of drug-likeness (QED) is 0.766. The van der Waals surface area contributed by atoms with E-state index in [2.05, 4.69) is 20.1 Å². The molecule has 29 heavy (non-hydrogen) atoms. The van der Waals surface area contributed by atoms with E-state index in [0.29, 0.717) is 49.7 Å². The highest BCUT2D eigenvalue weighted by molar-refractivity contribution is 6.40. The van der Waals surface area contributed by atoms with Crippen molar-refractivity contribution in [2.45, 2.75) is 19.3 Å². The van der Waals surface area contributed by atoms with Gasteiger partial charge in [0.2, 0.25) is 0 Å². The first-order valence-electron chi connectivity index (χ1n) is 10.6. The van der Waals surface area contributed by atoms with Gasteiger partial charge in [0.25, 0.3) is 5.91 Å². The number of nitrogens with zero attached hydrogens (tertiary/aromatic N) is 3. The number of fused-ring (bicyclic) bond motifs is 1. The summed E-state index contributed by atoms with van der Waals surface area (Å²) in [6, 6.07) is 7.48. The largest absolute Gasteiger partial charge is 0.507 e. The van der Waals surface area contributed by atoms with Crippen molar-refractivity contribution < 1.29 is 14.6 Å². The van der Waals surface area contributed by atoms with Crippen molar-refractivity contribution in [3.63, 3.8) is 0 Å². The third kappa shape index (κ3) is 5.04. The monoisotopic (exact) mass is 398 g/mol. The van der Waals surface area contributed by atoms with Crippen LogP contribution in [0.25, 0.3) is 5.76 Å². The Hall–Kier alpha value is -2.22. The van der Waals surface area contributed by atoms with Crippen LogP contribution in [-0.2, 0) is 9.53 Å². The minimum absolute atomic E-state index is 0.145. The Morgan fingerprint density at radius 3 is 2.66 bits per heavy atom. The number of carbonyl (C=O) groups excluding carboxylic acids is 1. The molecule has 0 unspecified atom stereocenters. The fraction of sp³-hybridized carbons (Fsp3) is 0.545. The number of rotatable bonds is 6. The molecule has 3 aliphatic heterocycles. The summed E-state index contributed by atoms with van der Waals surface area (Å²) < 4.78 is 5.43. The number of nitrogens with one attached hydrogen (secondary N) is 1. The first-order valence-corrected chi connectivity index (χ1v) is 10.6. The molecule has 0 saturated carbocycles. The molecule has 0 atom stereocenters. The normalized spacial score (nSPS) is 20.9. The van der Waals surface area contributed by atoms with E-state index < -0.39 is 0 Å². The standard InChI is InChI=1S/C22H30N4O3/c27-21-17(16-26-11-13-29-14-12-26)15-20(24-19-6-2-1-5-18(19)21)22(28)23-7-10-25-8-3-4-9-25/h1-2,5-6,27H,3-4,7-16H2,(H,23,28). The number of likely N-dealkylation sites (tertiary alicyclic amines) is 1. The zero-order chi connectivity index (χ0) is 20.1. The maximum Gasteiger partial charge on any atom is 0.266 e. The zero-order valence-corrected chi connectivity index (χ0v) is 16.9. The average molecular weight is 399 g/mol. The summed E-state index contributed by atoms with van der Waals surface area (Å²) in [5, 5.41) is 14.0. The van der Waals surface area contributed by atoms with Gasteiger partial charge in [0, 0.05) is 44.7 Å². The SMILES string of the molecule is O=C(NCCN1CCCC1)C1=Nc2ccccc2C(O)=C(CN2CCOCC2)C1. The van der Waals surface area contributed by atoms with E-state index in [9.17, 15) is 9.90 Å². The molecule has 2 saturated heterocycles. The number of amides is 1. The van der Waals surface area contributed by atoms with E-state index in [1.54, 1.807) is 0 Å². The van der Waals surface area contributed by atoms with Crippen molar-refractivity contribution in [2.24, 2.45) is 4.99 Å². The van der Waals surface area contributed by atoms with Gasteiger partial charge in [-0.15, -0.1) is 0 Å². The molecule has 3 aliphatic rings. The van der Waals surface area contributed by atoms with Gasteiger partial charge < -0.3 is 20.1 Å². The molecule has 0 spiro atoms. The van der Waals surface area contributed by atoms with E-state index in [0.717, 1.165) is 38.3 Å². The molecule has 7 nitrogen and oxygen atoms in total. The van der Waals surface area contributed by atoms with Gasteiger partial charge in [-0.05, 0) is 43.6 Å². The van der Waals surface area contributed by atoms with Gasteiger partial charge in [-0.3, -0.25) is 9.69 Å². The molecule has 1 amide bonds. The van der Waals surface area contributed by atoms with E-state index in [-0.39, 0.29) is 11.7 Å². The summed E-state index contributed by atoms with van der Waals surface area (Å²) in [6.45, 7) is 7.38. The lowest BCUT2D eigenvalue weighted by atomic mass is 10.0. The van der Waals surface area contributed by atoms with Gasteiger partial charge in [-0.2, -0.15) is 0 Å². The molecule has 0 aliphatic carbocycles. The third-order valence-corrected chi connectivity index (χ3v) is 5.82. The van der Waals surface area contributed by atoms with Crippen molar-refractivity contribution in [1.82, 2.24) is 15.1 Å². The van der Waals surface area contributed by atoms with Crippen LogP contribution < -0.4 is 5.32 Å².